The molecule has 4 heteroatoms. The number of anilines is 1. The van der Waals surface area contributed by atoms with E-state index in [1.54, 1.807) is 0 Å². The molecule has 2 aromatic heterocycles. The number of imidazole rings is 1. The van der Waals surface area contributed by atoms with E-state index in [1.165, 1.54) is 5.56 Å². The second-order valence-corrected chi connectivity index (χ2v) is 5.17. The van der Waals surface area contributed by atoms with Crippen molar-refractivity contribution in [1.82, 2.24) is 9.38 Å². The van der Waals surface area contributed by atoms with Crippen LogP contribution in [-0.2, 0) is 6.42 Å². The lowest BCUT2D eigenvalue weighted by molar-refractivity contribution is 1.09. The topological polar surface area (TPSA) is 43.3 Å². The largest absolute Gasteiger partial charge is 0.383 e. The molecule has 0 saturated carbocycles. The van der Waals surface area contributed by atoms with Crippen LogP contribution in [0.4, 0.5) is 5.82 Å². The summed E-state index contributed by atoms with van der Waals surface area (Å²) in [5.74, 6) is 3.02. The second-order valence-electron chi connectivity index (χ2n) is 3.78. The average molecular weight is 235 g/mol. The Morgan fingerprint density at radius 1 is 1.50 bits per heavy atom. The van der Waals surface area contributed by atoms with E-state index in [2.05, 4.69) is 24.9 Å². The Labute approximate surface area is 100 Å². The molecule has 86 valence electrons. The SMILES string of the molecule is CCSCCc1nc2c(C)cccn2c1N. The summed E-state index contributed by atoms with van der Waals surface area (Å²) in [6, 6.07) is 4.07. The van der Waals surface area contributed by atoms with Crippen LogP contribution in [0.25, 0.3) is 5.65 Å². The third-order valence-electron chi connectivity index (χ3n) is 2.65. The maximum absolute atomic E-state index is 6.08. The third kappa shape index (κ3) is 2.02. The number of nitrogens with zero attached hydrogens (tertiary/aromatic N) is 2. The van der Waals surface area contributed by atoms with Crippen LogP contribution >= 0.6 is 11.8 Å². The van der Waals surface area contributed by atoms with Crippen molar-refractivity contribution in [2.45, 2.75) is 20.3 Å². The molecular formula is C12H17N3S. The van der Waals surface area contributed by atoms with Crippen LogP contribution in [-0.4, -0.2) is 20.9 Å². The number of hydrogen-bond acceptors (Lipinski definition) is 3. The minimum Gasteiger partial charge on any atom is -0.383 e. The zero-order valence-electron chi connectivity index (χ0n) is 9.73. The monoisotopic (exact) mass is 235 g/mol. The van der Waals surface area contributed by atoms with E-state index in [4.69, 9.17) is 5.73 Å². The van der Waals surface area contributed by atoms with Crippen molar-refractivity contribution in [3.63, 3.8) is 0 Å². The van der Waals surface area contributed by atoms with Crippen molar-refractivity contribution in [1.29, 1.82) is 0 Å². The summed E-state index contributed by atoms with van der Waals surface area (Å²) in [5, 5.41) is 0. The number of thioether (sulfide) groups is 1. The fourth-order valence-electron chi connectivity index (χ4n) is 1.77. The fourth-order valence-corrected chi connectivity index (χ4v) is 2.39. The Balaban J connectivity index is 2.33. The summed E-state index contributed by atoms with van der Waals surface area (Å²) in [7, 11) is 0. The Kier molecular flexibility index (Phi) is 3.39. The molecule has 2 rings (SSSR count). The minimum absolute atomic E-state index is 0.787. The average Bonchev–Trinajstić information content (AvgIpc) is 2.59. The maximum atomic E-state index is 6.08. The molecule has 0 aromatic carbocycles. The van der Waals surface area contributed by atoms with Gasteiger partial charge in [-0.15, -0.1) is 0 Å². The first-order valence-corrected chi connectivity index (χ1v) is 6.69. The molecular weight excluding hydrogens is 218 g/mol. The van der Waals surface area contributed by atoms with Gasteiger partial charge in [-0.25, -0.2) is 4.98 Å². The second kappa shape index (κ2) is 4.78. The standard InChI is InChI=1S/C12H17N3S/c1-3-16-8-6-10-11(13)15-7-4-5-9(2)12(15)14-10/h4-5,7H,3,6,8,13H2,1-2H3. The summed E-state index contributed by atoms with van der Waals surface area (Å²) in [6.07, 6.45) is 2.92. The van der Waals surface area contributed by atoms with E-state index in [0.717, 1.165) is 35.1 Å². The van der Waals surface area contributed by atoms with Gasteiger partial charge < -0.3 is 5.73 Å². The molecule has 0 fully saturated rings. The molecule has 3 nitrogen and oxygen atoms in total. The van der Waals surface area contributed by atoms with E-state index < -0.39 is 0 Å². The van der Waals surface area contributed by atoms with Gasteiger partial charge >= 0.3 is 0 Å². The van der Waals surface area contributed by atoms with Crippen LogP contribution in [0, 0.1) is 6.92 Å². The predicted octanol–water partition coefficient (Wildman–Crippen LogP) is 2.52. The highest BCUT2D eigenvalue weighted by Crippen LogP contribution is 2.19. The zero-order chi connectivity index (χ0) is 11.5. The van der Waals surface area contributed by atoms with E-state index >= 15 is 0 Å². The lowest BCUT2D eigenvalue weighted by Crippen LogP contribution is -1.98. The van der Waals surface area contributed by atoms with Crippen LogP contribution in [0.5, 0.6) is 0 Å². The molecule has 0 aliphatic carbocycles. The van der Waals surface area contributed by atoms with Crippen LogP contribution < -0.4 is 5.73 Å². The summed E-state index contributed by atoms with van der Waals surface area (Å²) < 4.78 is 1.97. The molecule has 0 saturated heterocycles. The van der Waals surface area contributed by atoms with Crippen LogP contribution in [0.15, 0.2) is 18.3 Å². The van der Waals surface area contributed by atoms with Crippen molar-refractivity contribution in [3.8, 4) is 0 Å². The molecule has 2 aromatic rings. The van der Waals surface area contributed by atoms with Gasteiger partial charge in [-0.2, -0.15) is 11.8 Å². The molecule has 0 aliphatic heterocycles. The van der Waals surface area contributed by atoms with Gasteiger partial charge in [0.15, 0.2) is 0 Å². The van der Waals surface area contributed by atoms with Gasteiger partial charge in [0.2, 0.25) is 0 Å². The number of pyridine rings is 1. The molecule has 16 heavy (non-hydrogen) atoms. The number of aromatic nitrogens is 2. The number of fused-ring (bicyclic) bond motifs is 1. The molecule has 0 radical (unpaired) electrons. The number of nitrogens with two attached hydrogens (primary N) is 1. The lowest BCUT2D eigenvalue weighted by atomic mass is 10.3. The van der Waals surface area contributed by atoms with Crippen LogP contribution in [0.3, 0.4) is 0 Å². The molecule has 0 bridgehead atoms. The summed E-state index contributed by atoms with van der Waals surface area (Å²) >= 11 is 1.92. The number of nitrogen functional groups attached to an aromatic ring is 1. The zero-order valence-corrected chi connectivity index (χ0v) is 10.5. The molecule has 0 aliphatic rings. The van der Waals surface area contributed by atoms with Crippen molar-refractivity contribution in [3.05, 3.63) is 29.6 Å². The van der Waals surface area contributed by atoms with Gasteiger partial charge in [-0.3, -0.25) is 4.40 Å². The van der Waals surface area contributed by atoms with Gasteiger partial charge in [-0.05, 0) is 30.1 Å². The van der Waals surface area contributed by atoms with Gasteiger partial charge in [0, 0.05) is 12.6 Å². The number of aryl methyl sites for hydroxylation is 2. The quantitative estimate of drug-likeness (QED) is 0.828. The highest BCUT2D eigenvalue weighted by Gasteiger charge is 2.09. The van der Waals surface area contributed by atoms with Gasteiger partial charge in [-0.1, -0.05) is 13.0 Å². The first kappa shape index (κ1) is 11.3. The molecule has 2 heterocycles. The summed E-state index contributed by atoms with van der Waals surface area (Å²) in [4.78, 5) is 4.61. The molecule has 2 N–H and O–H groups in total. The number of hydrogen-bond donors (Lipinski definition) is 1. The van der Waals surface area contributed by atoms with E-state index in [-0.39, 0.29) is 0 Å². The van der Waals surface area contributed by atoms with Gasteiger partial charge in [0.25, 0.3) is 0 Å². The van der Waals surface area contributed by atoms with Crippen molar-refractivity contribution in [2.75, 3.05) is 17.2 Å². The Bertz CT molecular complexity index is 490. The normalized spacial score (nSPS) is 11.1. The van der Waals surface area contributed by atoms with E-state index in [9.17, 15) is 0 Å². The lowest BCUT2D eigenvalue weighted by Gasteiger charge is -1.98. The Hall–Kier alpha value is -1.16. The first-order valence-electron chi connectivity index (χ1n) is 5.53. The summed E-state index contributed by atoms with van der Waals surface area (Å²) in [5.41, 5.74) is 9.26. The van der Waals surface area contributed by atoms with Gasteiger partial charge in [0.1, 0.15) is 11.5 Å². The third-order valence-corrected chi connectivity index (χ3v) is 3.55. The highest BCUT2D eigenvalue weighted by molar-refractivity contribution is 7.99. The maximum Gasteiger partial charge on any atom is 0.141 e. The summed E-state index contributed by atoms with van der Waals surface area (Å²) in [6.45, 7) is 4.23. The van der Waals surface area contributed by atoms with Crippen LogP contribution in [0.1, 0.15) is 18.2 Å². The van der Waals surface area contributed by atoms with Gasteiger partial charge in [0.05, 0.1) is 5.69 Å². The fraction of sp³-hybridized carbons (Fsp3) is 0.417. The molecule has 0 atom stereocenters. The molecule has 0 spiro atoms. The predicted molar refractivity (Wildman–Crippen MR) is 71.0 cm³/mol. The minimum atomic E-state index is 0.787. The van der Waals surface area contributed by atoms with E-state index in [1.807, 2.05) is 28.4 Å². The smallest absolute Gasteiger partial charge is 0.141 e. The molecule has 0 unspecified atom stereocenters. The van der Waals surface area contributed by atoms with Crippen molar-refractivity contribution in [2.24, 2.45) is 0 Å². The Morgan fingerprint density at radius 3 is 3.00 bits per heavy atom. The first-order chi connectivity index (χ1) is 7.74. The van der Waals surface area contributed by atoms with Crippen molar-refractivity contribution < 1.29 is 0 Å². The number of rotatable bonds is 4. The molecule has 0 amide bonds. The Morgan fingerprint density at radius 2 is 2.31 bits per heavy atom. The van der Waals surface area contributed by atoms with Crippen molar-refractivity contribution >= 4 is 23.2 Å². The highest BCUT2D eigenvalue weighted by atomic mass is 32.2. The van der Waals surface area contributed by atoms with Crippen LogP contribution in [0.2, 0.25) is 0 Å². The van der Waals surface area contributed by atoms with E-state index in [0.29, 0.717) is 0 Å².